The Labute approximate surface area is 212 Å². The van der Waals surface area contributed by atoms with E-state index in [1.165, 1.54) is 0 Å². The Morgan fingerprint density at radius 3 is 2.31 bits per heavy atom. The second-order valence-electron chi connectivity index (χ2n) is 7.37. The molecule has 0 aliphatic heterocycles. The van der Waals surface area contributed by atoms with Gasteiger partial charge in [0.05, 0.1) is 18.8 Å². The predicted octanol–water partition coefficient (Wildman–Crippen LogP) is 2.50. The smallest absolute Gasteiger partial charge is 0.345 e. The highest BCUT2D eigenvalue weighted by Gasteiger charge is 2.35. The van der Waals surface area contributed by atoms with Crippen molar-refractivity contribution in [3.63, 3.8) is 0 Å². The lowest BCUT2D eigenvalue weighted by molar-refractivity contribution is -0.668. The quantitative estimate of drug-likeness (QED) is 0.180. The van der Waals surface area contributed by atoms with E-state index < -0.39 is 12.6 Å². The topological polar surface area (TPSA) is 47.3 Å². The Kier molecular flexibility index (Phi) is 13.0. The maximum absolute atomic E-state index is 13.3. The number of hydrogen-bond donors (Lipinski definition) is 0. The molecule has 0 N–H and O–H groups in total. The number of aromatic nitrogens is 1. The molecule has 0 radical (unpaired) electrons. The van der Waals surface area contributed by atoms with Crippen LogP contribution in [0.5, 0.6) is 0 Å². The number of carbonyl (C=O) groups is 2. The fourth-order valence-electron chi connectivity index (χ4n) is 3.78. The maximum atomic E-state index is 13.3. The number of carbonyl (C=O) groups excluding carboxylic acids is 2. The van der Waals surface area contributed by atoms with Gasteiger partial charge >= 0.3 is 5.97 Å². The Balaban J connectivity index is 0.00000512. The summed E-state index contributed by atoms with van der Waals surface area (Å²) in [6.45, 7) is 5.88. The first-order valence-electron chi connectivity index (χ1n) is 11.0. The molecule has 0 fully saturated rings. The van der Waals surface area contributed by atoms with Gasteiger partial charge in [-0.1, -0.05) is 57.2 Å². The highest BCUT2D eigenvalue weighted by Crippen LogP contribution is 2.31. The average molecular weight is 574 g/mol. The average Bonchev–Trinajstić information content (AvgIpc) is 2.78. The van der Waals surface area contributed by atoms with Crippen LogP contribution in [0.4, 0.5) is 4.39 Å². The van der Waals surface area contributed by atoms with E-state index in [1.54, 1.807) is 0 Å². The van der Waals surface area contributed by atoms with Gasteiger partial charge in [0.1, 0.15) is 12.6 Å². The van der Waals surface area contributed by atoms with Crippen molar-refractivity contribution in [3.8, 4) is 11.3 Å². The summed E-state index contributed by atoms with van der Waals surface area (Å²) in [4.78, 5) is 26.5. The van der Waals surface area contributed by atoms with Gasteiger partial charge in [0.15, 0.2) is 5.69 Å². The van der Waals surface area contributed by atoms with Crippen molar-refractivity contribution in [2.75, 3.05) is 19.0 Å². The molecular formula is C25H33FINO3S. The van der Waals surface area contributed by atoms with Crippen molar-refractivity contribution >= 4 is 22.8 Å². The van der Waals surface area contributed by atoms with Crippen molar-refractivity contribution in [2.24, 2.45) is 7.05 Å². The van der Waals surface area contributed by atoms with Crippen LogP contribution in [0.15, 0.2) is 30.3 Å². The molecule has 1 aromatic carbocycles. The van der Waals surface area contributed by atoms with Crippen molar-refractivity contribution in [1.82, 2.24) is 0 Å². The standard InChI is InChI=1S/C25H33FNO3S.HI/c1-5-12-19-21(25(29)31-17-11-15-26)20(7-3)27(4)23(18-13-9-8-10-14-18)22(19)24(28)30-16-6-2;/h8-10,13-14H,5-7,11-12,15-17H2,1-4H3;1H/q+1;/p-1. The van der Waals surface area contributed by atoms with Crippen LogP contribution < -0.4 is 28.5 Å². The minimum atomic E-state index is -0.446. The highest BCUT2D eigenvalue weighted by molar-refractivity contribution is 8.14. The predicted molar refractivity (Wildman–Crippen MR) is 124 cm³/mol. The molecule has 7 heteroatoms. The van der Waals surface area contributed by atoms with Gasteiger partial charge in [0, 0.05) is 17.7 Å². The van der Waals surface area contributed by atoms with Crippen LogP contribution in [-0.2, 0) is 24.6 Å². The molecule has 1 heterocycles. The van der Waals surface area contributed by atoms with Gasteiger partial charge < -0.3 is 28.7 Å². The molecule has 0 bridgehead atoms. The molecule has 0 unspecified atom stereocenters. The van der Waals surface area contributed by atoms with Crippen molar-refractivity contribution in [3.05, 3.63) is 52.7 Å². The van der Waals surface area contributed by atoms with Gasteiger partial charge in [-0.15, -0.1) is 0 Å². The normalized spacial score (nSPS) is 10.5. The number of nitrogens with zero attached hydrogens (tertiary/aromatic N) is 1. The summed E-state index contributed by atoms with van der Waals surface area (Å²) >= 11 is 1.13. The van der Waals surface area contributed by atoms with Gasteiger partial charge in [-0.3, -0.25) is 9.18 Å². The number of thioether (sulfide) groups is 1. The Morgan fingerprint density at radius 1 is 1.06 bits per heavy atom. The van der Waals surface area contributed by atoms with Crippen LogP contribution in [0.1, 0.15) is 72.0 Å². The van der Waals surface area contributed by atoms with E-state index in [1.807, 2.05) is 62.7 Å². The fourth-order valence-corrected chi connectivity index (χ4v) is 4.60. The molecule has 2 rings (SSSR count). The van der Waals surface area contributed by atoms with E-state index in [9.17, 15) is 14.0 Å². The molecule has 1 aromatic heterocycles. The molecular weight excluding hydrogens is 540 g/mol. The molecule has 4 nitrogen and oxygen atoms in total. The second kappa shape index (κ2) is 14.6. The lowest BCUT2D eigenvalue weighted by Crippen LogP contribution is -3.00. The number of halogens is 2. The van der Waals surface area contributed by atoms with E-state index in [0.717, 1.165) is 47.1 Å². The number of ether oxygens (including phenoxy) is 1. The summed E-state index contributed by atoms with van der Waals surface area (Å²) in [5.41, 5.74) is 4.36. The minimum absolute atomic E-state index is 0. The van der Waals surface area contributed by atoms with Crippen molar-refractivity contribution in [2.45, 2.75) is 52.9 Å². The third kappa shape index (κ3) is 6.76. The van der Waals surface area contributed by atoms with Gasteiger partial charge in [-0.25, -0.2) is 4.79 Å². The van der Waals surface area contributed by atoms with Crippen LogP contribution in [0.25, 0.3) is 11.3 Å². The van der Waals surface area contributed by atoms with E-state index in [-0.39, 0.29) is 29.1 Å². The monoisotopic (exact) mass is 573 g/mol. The number of hydrogen-bond acceptors (Lipinski definition) is 4. The van der Waals surface area contributed by atoms with Gasteiger partial charge in [-0.2, -0.15) is 4.57 Å². The number of alkyl halides is 1. The van der Waals surface area contributed by atoms with E-state index in [0.29, 0.717) is 42.7 Å². The fraction of sp³-hybridized carbons (Fsp3) is 0.480. The van der Waals surface area contributed by atoms with Crippen LogP contribution in [0, 0.1) is 0 Å². The molecule has 0 saturated heterocycles. The van der Waals surface area contributed by atoms with Gasteiger partial charge in [0.25, 0.3) is 0 Å². The summed E-state index contributed by atoms with van der Waals surface area (Å²) in [5, 5.41) is -0.103. The van der Waals surface area contributed by atoms with Crippen LogP contribution in [0.2, 0.25) is 0 Å². The lowest BCUT2D eigenvalue weighted by atomic mass is 9.91. The first kappa shape index (κ1) is 28.6. The largest absolute Gasteiger partial charge is 1.00 e. The molecule has 2 aromatic rings. The molecule has 0 spiro atoms. The zero-order valence-corrected chi connectivity index (χ0v) is 22.4. The molecule has 0 aliphatic rings. The van der Waals surface area contributed by atoms with Crippen LogP contribution in [0.3, 0.4) is 0 Å². The molecule has 0 aliphatic carbocycles. The summed E-state index contributed by atoms with van der Waals surface area (Å²) in [5.74, 6) is 0.0225. The van der Waals surface area contributed by atoms with Crippen molar-refractivity contribution < 1.29 is 47.3 Å². The zero-order chi connectivity index (χ0) is 22.8. The number of rotatable bonds is 11. The molecule has 0 amide bonds. The molecule has 32 heavy (non-hydrogen) atoms. The number of pyridine rings is 1. The van der Waals surface area contributed by atoms with E-state index in [4.69, 9.17) is 4.74 Å². The van der Waals surface area contributed by atoms with Crippen LogP contribution >= 0.6 is 11.8 Å². The van der Waals surface area contributed by atoms with E-state index >= 15 is 0 Å². The summed E-state index contributed by atoms with van der Waals surface area (Å²) < 4.78 is 20.1. The Hall–Kier alpha value is -1.48. The molecule has 0 saturated carbocycles. The molecule has 0 atom stereocenters. The van der Waals surface area contributed by atoms with E-state index in [2.05, 4.69) is 0 Å². The number of benzene rings is 1. The maximum Gasteiger partial charge on any atom is 0.345 e. The first-order valence-corrected chi connectivity index (χ1v) is 12.0. The Morgan fingerprint density at radius 2 is 1.75 bits per heavy atom. The van der Waals surface area contributed by atoms with Gasteiger partial charge in [-0.05, 0) is 37.0 Å². The molecule has 176 valence electrons. The second-order valence-corrected chi connectivity index (χ2v) is 8.43. The third-order valence-corrected chi connectivity index (χ3v) is 6.07. The Bertz CT molecular complexity index is 906. The summed E-state index contributed by atoms with van der Waals surface area (Å²) in [7, 11) is 1.90. The van der Waals surface area contributed by atoms with Crippen LogP contribution in [-0.4, -0.2) is 30.1 Å². The minimum Gasteiger partial charge on any atom is -1.00 e. The summed E-state index contributed by atoms with van der Waals surface area (Å²) in [6, 6.07) is 9.75. The SMILES string of the molecule is CCCOC(=O)c1c(CCC)c(C(=O)SCCCF)c(CC)[n+](C)c1-c1ccccc1.[I-]. The third-order valence-electron chi connectivity index (χ3n) is 5.11. The van der Waals surface area contributed by atoms with Crippen molar-refractivity contribution in [1.29, 1.82) is 0 Å². The van der Waals surface area contributed by atoms with Gasteiger partial charge in [0.2, 0.25) is 10.8 Å². The lowest BCUT2D eigenvalue weighted by Gasteiger charge is -2.18. The first-order chi connectivity index (χ1) is 15.0. The highest BCUT2D eigenvalue weighted by atomic mass is 127. The zero-order valence-electron chi connectivity index (χ0n) is 19.4. The summed E-state index contributed by atoms with van der Waals surface area (Å²) in [6.07, 6.45) is 3.08. The number of esters is 1.